The molecule has 0 spiro atoms. The van der Waals surface area contributed by atoms with Gasteiger partial charge in [-0.2, -0.15) is 0 Å². The van der Waals surface area contributed by atoms with Crippen molar-refractivity contribution < 1.29 is 24.1 Å². The molecule has 9 nitrogen and oxygen atoms in total. The van der Waals surface area contributed by atoms with Crippen LogP contribution in [0.25, 0.3) is 0 Å². The highest BCUT2D eigenvalue weighted by Gasteiger charge is 2.20. The molecule has 0 aliphatic rings. The summed E-state index contributed by atoms with van der Waals surface area (Å²) in [5, 5.41) is 14.2. The van der Waals surface area contributed by atoms with Crippen molar-refractivity contribution in [2.24, 2.45) is 0 Å². The van der Waals surface area contributed by atoms with E-state index >= 15 is 0 Å². The second-order valence-electron chi connectivity index (χ2n) is 19.3. The van der Waals surface area contributed by atoms with Gasteiger partial charge < -0.3 is 34.3 Å². The Labute approximate surface area is 395 Å². The van der Waals surface area contributed by atoms with Gasteiger partial charge in [0.1, 0.15) is 13.6 Å². The summed E-state index contributed by atoms with van der Waals surface area (Å²) in [7, 11) is 0. The molecule has 0 amide bonds. The van der Waals surface area contributed by atoms with Crippen LogP contribution in [0.4, 0.5) is 5.69 Å². The predicted molar refractivity (Wildman–Crippen MR) is 272 cm³/mol. The maximum Gasteiger partial charge on any atom is 0.249 e. The average molecular weight is 907 g/mol. The molecule has 0 saturated carbocycles. The van der Waals surface area contributed by atoms with E-state index in [1.54, 1.807) is 0 Å². The number of anilines is 1. The van der Waals surface area contributed by atoms with Crippen LogP contribution in [-0.4, -0.2) is 74.9 Å². The monoisotopic (exact) mass is 907 g/mol. The summed E-state index contributed by atoms with van der Waals surface area (Å²) in [4.78, 5) is 27.1. The fourth-order valence-corrected chi connectivity index (χ4v) is 8.83. The van der Waals surface area contributed by atoms with Crippen LogP contribution < -0.4 is 16.2 Å². The van der Waals surface area contributed by atoms with Crippen LogP contribution >= 0.6 is 0 Å². The van der Waals surface area contributed by atoms with E-state index in [1.165, 1.54) is 141 Å². The Bertz CT molecular complexity index is 1170. The molecule has 378 valence electrons. The molecular weight excluding hydrogens is 801 g/mol. The highest BCUT2D eigenvalue weighted by atomic mass is 16.7. The van der Waals surface area contributed by atoms with E-state index in [0.29, 0.717) is 37.6 Å². The number of ether oxygens (including phenoxy) is 4. The highest BCUT2D eigenvalue weighted by Crippen LogP contribution is 2.20. The molecule has 0 heterocycles. The standard InChI is InChI=1S/C55H106N2O7/c1-6-10-14-17-21-29-37-49(5)63-48-62-47-61-46-35-27-26-34-44-57(45-36-42-56-53-51(40-28-13-9-4)54(59)55(53)60)43-33-25-20-24-32-41-52(58)64-50(38-30-22-18-15-11-7-2)39-31-23-19-16-12-8-3/h49-50,52,56,58H,6-48H2,1-5H3. The fourth-order valence-electron chi connectivity index (χ4n) is 8.83. The molecule has 1 aromatic carbocycles. The van der Waals surface area contributed by atoms with Gasteiger partial charge in [-0.05, 0) is 97.2 Å². The quantitative estimate of drug-likeness (QED) is 0.0375. The third kappa shape index (κ3) is 34.9. The van der Waals surface area contributed by atoms with Crippen LogP contribution in [-0.2, 0) is 25.4 Å². The minimum absolute atomic E-state index is 0.196. The number of nitrogens with zero attached hydrogens (tertiary/aromatic N) is 1. The molecule has 1 rings (SSSR count). The lowest BCUT2D eigenvalue weighted by Crippen LogP contribution is -2.39. The first-order valence-corrected chi connectivity index (χ1v) is 27.8. The minimum atomic E-state index is -0.640. The van der Waals surface area contributed by atoms with Gasteiger partial charge in [-0.1, -0.05) is 188 Å². The van der Waals surface area contributed by atoms with Gasteiger partial charge in [0.15, 0.2) is 6.29 Å². The van der Waals surface area contributed by atoms with Gasteiger partial charge in [-0.3, -0.25) is 9.59 Å². The molecule has 0 radical (unpaired) electrons. The van der Waals surface area contributed by atoms with E-state index in [-0.39, 0.29) is 29.9 Å². The summed E-state index contributed by atoms with van der Waals surface area (Å²) in [6.45, 7) is 16.2. The Morgan fingerprint density at radius 3 is 1.55 bits per heavy atom. The minimum Gasteiger partial charge on any atom is -0.381 e. The van der Waals surface area contributed by atoms with Gasteiger partial charge in [0, 0.05) is 18.7 Å². The van der Waals surface area contributed by atoms with Crippen LogP contribution in [0.1, 0.15) is 265 Å². The Hall–Kier alpha value is -1.36. The van der Waals surface area contributed by atoms with Gasteiger partial charge in [-0.15, -0.1) is 0 Å². The van der Waals surface area contributed by atoms with Crippen molar-refractivity contribution in [1.29, 1.82) is 0 Å². The molecule has 2 unspecified atom stereocenters. The highest BCUT2D eigenvalue weighted by molar-refractivity contribution is 5.56. The summed E-state index contributed by atoms with van der Waals surface area (Å²) in [5.41, 5.74) is 0.676. The van der Waals surface area contributed by atoms with Gasteiger partial charge in [0.2, 0.25) is 10.9 Å². The third-order valence-electron chi connectivity index (χ3n) is 13.1. The van der Waals surface area contributed by atoms with Gasteiger partial charge in [-0.25, -0.2) is 0 Å². The smallest absolute Gasteiger partial charge is 0.249 e. The number of hydrogen-bond acceptors (Lipinski definition) is 9. The van der Waals surface area contributed by atoms with Gasteiger partial charge in [0.05, 0.1) is 17.9 Å². The molecule has 0 fully saturated rings. The summed E-state index contributed by atoms with van der Waals surface area (Å²) in [6.07, 6.45) is 42.1. The number of aliphatic hydroxyl groups is 1. The molecule has 0 aliphatic heterocycles. The SMILES string of the molecule is CCCCCCCCC(C)OCOCOCCCCCCN(CCCCCCCC(O)OC(CCCCCCCC)CCCCCCCC)CCCNc1c(CCCCC)c(=O)c1=O. The molecule has 0 aromatic heterocycles. The Morgan fingerprint density at radius 1 is 0.500 bits per heavy atom. The van der Waals surface area contributed by atoms with Crippen molar-refractivity contribution in [3.63, 3.8) is 0 Å². The fraction of sp³-hybridized carbons (Fsp3) is 0.927. The zero-order valence-corrected chi connectivity index (χ0v) is 43.0. The zero-order valence-electron chi connectivity index (χ0n) is 43.0. The molecule has 2 N–H and O–H groups in total. The zero-order chi connectivity index (χ0) is 46.6. The third-order valence-corrected chi connectivity index (χ3v) is 13.1. The van der Waals surface area contributed by atoms with Crippen LogP contribution in [0.2, 0.25) is 0 Å². The second kappa shape index (κ2) is 45.4. The van der Waals surface area contributed by atoms with Gasteiger partial charge in [0.25, 0.3) is 0 Å². The molecule has 0 aliphatic carbocycles. The van der Waals surface area contributed by atoms with Crippen LogP contribution in [0.15, 0.2) is 9.59 Å². The van der Waals surface area contributed by atoms with Crippen LogP contribution in [0, 0.1) is 0 Å². The number of aliphatic hydroxyl groups excluding tert-OH is 1. The molecule has 64 heavy (non-hydrogen) atoms. The molecule has 0 bridgehead atoms. The van der Waals surface area contributed by atoms with E-state index in [1.807, 2.05) is 0 Å². The number of hydrogen-bond donors (Lipinski definition) is 2. The number of rotatable bonds is 52. The van der Waals surface area contributed by atoms with Crippen LogP contribution in [0.3, 0.4) is 0 Å². The van der Waals surface area contributed by atoms with E-state index in [2.05, 4.69) is 44.8 Å². The van der Waals surface area contributed by atoms with Crippen molar-refractivity contribution in [1.82, 2.24) is 4.90 Å². The molecular formula is C55H106N2O7. The Balaban J connectivity index is 2.39. The molecule has 2 atom stereocenters. The normalized spacial score (nSPS) is 12.9. The van der Waals surface area contributed by atoms with Crippen molar-refractivity contribution in [3.8, 4) is 0 Å². The lowest BCUT2D eigenvalue weighted by Gasteiger charge is -2.23. The first-order chi connectivity index (χ1) is 31.4. The number of unbranched alkanes of at least 4 members (excludes halogenated alkanes) is 24. The topological polar surface area (TPSA) is 107 Å². The first-order valence-electron chi connectivity index (χ1n) is 27.8. The maximum atomic E-state index is 12.3. The summed E-state index contributed by atoms with van der Waals surface area (Å²) in [6, 6.07) is 0. The van der Waals surface area contributed by atoms with Crippen molar-refractivity contribution in [3.05, 3.63) is 26.0 Å². The predicted octanol–water partition coefficient (Wildman–Crippen LogP) is 14.3. The largest absolute Gasteiger partial charge is 0.381 e. The molecule has 9 heteroatoms. The Morgan fingerprint density at radius 2 is 0.969 bits per heavy atom. The maximum absolute atomic E-state index is 12.3. The summed E-state index contributed by atoms with van der Waals surface area (Å²) >= 11 is 0. The van der Waals surface area contributed by atoms with Crippen LogP contribution in [0.5, 0.6) is 0 Å². The first kappa shape index (κ1) is 60.7. The lowest BCUT2D eigenvalue weighted by molar-refractivity contribution is -0.147. The second-order valence-corrected chi connectivity index (χ2v) is 19.3. The van der Waals surface area contributed by atoms with E-state index in [9.17, 15) is 14.7 Å². The molecule has 0 saturated heterocycles. The van der Waals surface area contributed by atoms with E-state index in [4.69, 9.17) is 18.9 Å². The summed E-state index contributed by atoms with van der Waals surface area (Å²) < 4.78 is 23.4. The van der Waals surface area contributed by atoms with Crippen molar-refractivity contribution in [2.45, 2.75) is 284 Å². The van der Waals surface area contributed by atoms with E-state index < -0.39 is 6.29 Å². The van der Waals surface area contributed by atoms with Gasteiger partial charge >= 0.3 is 0 Å². The lowest BCUT2D eigenvalue weighted by atomic mass is 10.0. The van der Waals surface area contributed by atoms with E-state index in [0.717, 1.165) is 103 Å². The van der Waals surface area contributed by atoms with Crippen molar-refractivity contribution in [2.75, 3.05) is 51.7 Å². The molecule has 1 aromatic rings. The Kier molecular flexibility index (Phi) is 43.1. The summed E-state index contributed by atoms with van der Waals surface area (Å²) in [5.74, 6) is 0. The number of nitrogens with one attached hydrogen (secondary N) is 1. The van der Waals surface area contributed by atoms with Crippen molar-refractivity contribution >= 4 is 5.69 Å². The average Bonchev–Trinajstić information content (AvgIpc) is 3.29.